The van der Waals surface area contributed by atoms with Crippen molar-refractivity contribution in [3.8, 4) is 0 Å². The van der Waals surface area contributed by atoms with Gasteiger partial charge in [-0.2, -0.15) is 0 Å². The zero-order valence-corrected chi connectivity index (χ0v) is 55.4. The van der Waals surface area contributed by atoms with Crippen molar-refractivity contribution in [2.45, 2.75) is 354 Å². The molecule has 0 aromatic heterocycles. The van der Waals surface area contributed by atoms with Crippen LogP contribution in [0.15, 0.2) is 122 Å². The maximum atomic E-state index is 12.4. The van der Waals surface area contributed by atoms with Gasteiger partial charge in [0.2, 0.25) is 0 Å². The molecule has 0 aliphatic rings. The third kappa shape index (κ3) is 70.8. The van der Waals surface area contributed by atoms with Gasteiger partial charge in [-0.1, -0.05) is 367 Å². The van der Waals surface area contributed by atoms with E-state index < -0.39 is 6.10 Å². The number of aliphatic hydroxyl groups is 1. The highest BCUT2D eigenvalue weighted by atomic mass is 16.6. The first-order chi connectivity index (χ1) is 41.6. The summed E-state index contributed by atoms with van der Waals surface area (Å²) in [5.41, 5.74) is 0. The van der Waals surface area contributed by atoms with Crippen LogP contribution < -0.4 is 0 Å². The topological polar surface area (TPSA) is 72.8 Å². The van der Waals surface area contributed by atoms with Gasteiger partial charge in [0.05, 0.1) is 6.61 Å². The normalized spacial score (nSPS) is 12.9. The average molecular weight is 1170 g/mol. The van der Waals surface area contributed by atoms with E-state index in [9.17, 15) is 14.7 Å². The molecule has 1 N–H and O–H groups in total. The van der Waals surface area contributed by atoms with Crippen LogP contribution in [0, 0.1) is 0 Å². The van der Waals surface area contributed by atoms with Gasteiger partial charge < -0.3 is 14.6 Å². The minimum absolute atomic E-state index is 0.0799. The van der Waals surface area contributed by atoms with E-state index >= 15 is 0 Å². The van der Waals surface area contributed by atoms with Crippen LogP contribution in [-0.2, 0) is 19.1 Å². The van der Waals surface area contributed by atoms with Crippen molar-refractivity contribution in [2.24, 2.45) is 0 Å². The number of aliphatic hydroxyl groups excluding tert-OH is 1. The number of carbonyl (C=O) groups excluding carboxylic acids is 2. The minimum Gasteiger partial charge on any atom is -0.462 e. The van der Waals surface area contributed by atoms with E-state index in [0.29, 0.717) is 12.8 Å². The number of esters is 2. The first-order valence-corrected chi connectivity index (χ1v) is 36.1. The van der Waals surface area contributed by atoms with Gasteiger partial charge in [-0.3, -0.25) is 9.59 Å². The van der Waals surface area contributed by atoms with Crippen molar-refractivity contribution in [2.75, 3.05) is 13.2 Å². The van der Waals surface area contributed by atoms with Crippen LogP contribution in [0.1, 0.15) is 348 Å². The van der Waals surface area contributed by atoms with E-state index in [1.165, 1.54) is 205 Å². The van der Waals surface area contributed by atoms with Crippen molar-refractivity contribution in [1.82, 2.24) is 0 Å². The quantitative estimate of drug-likeness (QED) is 0.0373. The molecule has 0 amide bonds. The van der Waals surface area contributed by atoms with Gasteiger partial charge in [0.1, 0.15) is 6.61 Å². The maximum Gasteiger partial charge on any atom is 0.306 e. The lowest BCUT2D eigenvalue weighted by Gasteiger charge is -2.15. The Morgan fingerprint density at radius 2 is 0.512 bits per heavy atom. The summed E-state index contributed by atoms with van der Waals surface area (Å²) < 4.78 is 10.7. The number of ether oxygens (including phenoxy) is 2. The molecule has 0 radical (unpaired) electrons. The monoisotopic (exact) mass is 1170 g/mol. The Morgan fingerprint density at radius 3 is 0.774 bits per heavy atom. The Hall–Kier alpha value is -3.70. The van der Waals surface area contributed by atoms with E-state index in [-0.39, 0.29) is 25.2 Å². The molecule has 0 saturated heterocycles. The minimum atomic E-state index is -0.795. The second-order valence-electron chi connectivity index (χ2n) is 23.9. The van der Waals surface area contributed by atoms with E-state index in [1.807, 2.05) is 0 Å². The first kappa shape index (κ1) is 80.3. The van der Waals surface area contributed by atoms with Crippen molar-refractivity contribution in [1.29, 1.82) is 0 Å². The number of carbonyl (C=O) groups is 2. The predicted molar refractivity (Wildman–Crippen MR) is 371 cm³/mol. The highest BCUT2D eigenvalue weighted by molar-refractivity contribution is 5.70. The molecule has 0 aliphatic carbocycles. The number of unbranched alkanes of at least 4 members (excludes halogenated alkanes) is 38. The molecule has 0 aromatic rings. The zero-order valence-electron chi connectivity index (χ0n) is 55.4. The third-order valence-electron chi connectivity index (χ3n) is 15.8. The summed E-state index contributed by atoms with van der Waals surface area (Å²) in [5, 5.41) is 9.70. The lowest BCUT2D eigenvalue weighted by atomic mass is 10.0. The Bertz CT molecular complexity index is 1650. The molecule has 0 aliphatic heterocycles. The van der Waals surface area contributed by atoms with E-state index in [0.717, 1.165) is 116 Å². The zero-order chi connectivity index (χ0) is 60.5. The molecule has 5 nitrogen and oxygen atoms in total. The molecule has 0 heterocycles. The van der Waals surface area contributed by atoms with Crippen LogP contribution in [0.2, 0.25) is 0 Å². The van der Waals surface area contributed by atoms with Gasteiger partial charge >= 0.3 is 11.9 Å². The summed E-state index contributed by atoms with van der Waals surface area (Å²) in [6.45, 7) is 4.04. The smallest absolute Gasteiger partial charge is 0.306 e. The largest absolute Gasteiger partial charge is 0.462 e. The Morgan fingerprint density at radius 1 is 0.286 bits per heavy atom. The molecule has 0 saturated carbocycles. The van der Waals surface area contributed by atoms with Gasteiger partial charge in [0.15, 0.2) is 6.10 Å². The number of rotatable bonds is 66. The van der Waals surface area contributed by atoms with Crippen LogP contribution >= 0.6 is 0 Å². The molecule has 0 rings (SSSR count). The molecule has 1 unspecified atom stereocenters. The van der Waals surface area contributed by atoms with Crippen LogP contribution in [0.25, 0.3) is 0 Å². The third-order valence-corrected chi connectivity index (χ3v) is 15.8. The number of hydrogen-bond donors (Lipinski definition) is 1. The van der Waals surface area contributed by atoms with Gasteiger partial charge in [0.25, 0.3) is 0 Å². The fourth-order valence-electron chi connectivity index (χ4n) is 10.4. The van der Waals surface area contributed by atoms with Crippen LogP contribution in [0.5, 0.6) is 0 Å². The van der Waals surface area contributed by atoms with E-state index in [4.69, 9.17) is 9.47 Å². The summed E-state index contributed by atoms with van der Waals surface area (Å²) >= 11 is 0. The molecule has 1 atom stereocenters. The van der Waals surface area contributed by atoms with Crippen LogP contribution in [0.3, 0.4) is 0 Å². The van der Waals surface area contributed by atoms with Crippen LogP contribution in [0.4, 0.5) is 0 Å². The molecular formula is C79H136O5. The fraction of sp³-hybridized carbons (Fsp3) is 0.722. The van der Waals surface area contributed by atoms with E-state index in [2.05, 4.69) is 135 Å². The summed E-state index contributed by atoms with van der Waals surface area (Å²) in [5.74, 6) is -0.613. The maximum absolute atomic E-state index is 12.4. The molecule has 0 spiro atoms. The molecular weight excluding hydrogens is 1030 g/mol. The summed E-state index contributed by atoms with van der Waals surface area (Å²) in [6.07, 6.45) is 108. The highest BCUT2D eigenvalue weighted by Crippen LogP contribution is 2.18. The molecule has 482 valence electrons. The lowest BCUT2D eigenvalue weighted by molar-refractivity contribution is -0.161. The van der Waals surface area contributed by atoms with Gasteiger partial charge in [-0.15, -0.1) is 0 Å². The van der Waals surface area contributed by atoms with Gasteiger partial charge in [-0.25, -0.2) is 0 Å². The summed E-state index contributed by atoms with van der Waals surface area (Å²) in [4.78, 5) is 24.7. The fourth-order valence-corrected chi connectivity index (χ4v) is 10.4. The second kappa shape index (κ2) is 73.6. The standard InChI is InChI=1S/C79H136O5/c1-3-5-7-9-11-13-15-17-19-21-23-25-27-29-31-33-35-37-39-41-43-45-47-49-51-53-55-57-59-61-63-65-67-69-71-73-78(81)83-76-77(75-80)84-79(82)74-72-70-68-66-64-62-60-58-56-54-52-50-48-46-44-42-40-38-36-34-32-30-28-26-24-22-20-18-16-14-12-10-8-6-4-2/h6,8,12,14,18,20,24,26,30,32,36,38,42,44,48,50,54,56,60,62,77,80H,3-5,7,9-11,13,15-17,19,21-23,25,27-29,31,33-35,37,39-41,43,45-47,49,51-53,55,57-59,61,63-76H2,1-2H3/b8-6-,14-12-,20-18-,26-24-,32-30-,38-36-,44-42-,50-48-,56-54-,62-60-. The van der Waals surface area contributed by atoms with Crippen LogP contribution in [-0.4, -0.2) is 36.4 Å². The average Bonchev–Trinajstić information content (AvgIpc) is 3.51. The Balaban J connectivity index is 3.52. The highest BCUT2D eigenvalue weighted by Gasteiger charge is 2.16. The first-order valence-electron chi connectivity index (χ1n) is 36.1. The Kier molecular flexibility index (Phi) is 70.3. The van der Waals surface area contributed by atoms with Crippen molar-refractivity contribution >= 4 is 11.9 Å². The lowest BCUT2D eigenvalue weighted by Crippen LogP contribution is -2.28. The Labute approximate surface area is 522 Å². The van der Waals surface area contributed by atoms with Crippen molar-refractivity contribution in [3.05, 3.63) is 122 Å². The molecule has 84 heavy (non-hydrogen) atoms. The second-order valence-corrected chi connectivity index (χ2v) is 23.9. The van der Waals surface area contributed by atoms with Crippen molar-refractivity contribution in [3.63, 3.8) is 0 Å². The molecule has 0 bridgehead atoms. The number of hydrogen-bond acceptors (Lipinski definition) is 5. The molecule has 0 fully saturated rings. The predicted octanol–water partition coefficient (Wildman–Crippen LogP) is 25.3. The summed E-state index contributed by atoms with van der Waals surface area (Å²) in [7, 11) is 0. The van der Waals surface area contributed by atoms with E-state index in [1.54, 1.807) is 0 Å². The molecule has 0 aromatic carbocycles. The number of allylic oxidation sites excluding steroid dienone is 20. The molecule has 5 heteroatoms. The summed E-state index contributed by atoms with van der Waals surface area (Å²) in [6, 6.07) is 0. The van der Waals surface area contributed by atoms with Gasteiger partial charge in [0, 0.05) is 12.8 Å². The SMILES string of the molecule is CC/C=C\C/C=C\C/C=C\C/C=C\C/C=C\C/C=C\C/C=C\C/C=C\C/C=C\C/C=C\CCCCCCC(=O)OC(CO)COC(=O)CCCCCCCCCCCCCCCCCCCCCCCCCCCCCCCCCCCCC. The van der Waals surface area contributed by atoms with Gasteiger partial charge in [-0.05, 0) is 89.9 Å². The van der Waals surface area contributed by atoms with Crippen molar-refractivity contribution < 1.29 is 24.2 Å².